The van der Waals surface area contributed by atoms with Crippen molar-refractivity contribution in [2.75, 3.05) is 7.11 Å². The molecule has 0 atom stereocenters. The average molecular weight is 302 g/mol. The molecule has 0 saturated heterocycles. The highest BCUT2D eigenvalue weighted by Gasteiger charge is 2.14. The molecule has 112 valence electrons. The third kappa shape index (κ3) is 2.09. The van der Waals surface area contributed by atoms with Crippen LogP contribution >= 0.6 is 0 Å². The molecule has 0 unspecified atom stereocenters. The number of rotatable bonds is 2. The Morgan fingerprint density at radius 1 is 0.870 bits per heavy atom. The van der Waals surface area contributed by atoms with Crippen LogP contribution in [-0.2, 0) is 0 Å². The summed E-state index contributed by atoms with van der Waals surface area (Å²) in [6, 6.07) is 19.1. The van der Waals surface area contributed by atoms with Crippen molar-refractivity contribution in [1.29, 1.82) is 0 Å². The molecule has 0 spiro atoms. The summed E-state index contributed by atoms with van der Waals surface area (Å²) >= 11 is 0. The Morgan fingerprint density at radius 3 is 2.52 bits per heavy atom. The Labute approximate surface area is 132 Å². The van der Waals surface area contributed by atoms with Gasteiger partial charge >= 0.3 is 0 Å². The summed E-state index contributed by atoms with van der Waals surface area (Å²) in [4.78, 5) is 13.1. The second kappa shape index (κ2) is 5.29. The van der Waals surface area contributed by atoms with Crippen molar-refractivity contribution in [3.05, 3.63) is 77.2 Å². The van der Waals surface area contributed by atoms with E-state index in [0.717, 1.165) is 16.3 Å². The maximum absolute atomic E-state index is 13.1. The van der Waals surface area contributed by atoms with Crippen LogP contribution in [-0.4, -0.2) is 7.11 Å². The van der Waals surface area contributed by atoms with Gasteiger partial charge in [0.2, 0.25) is 5.43 Å². The van der Waals surface area contributed by atoms with Gasteiger partial charge in [0, 0.05) is 5.56 Å². The largest absolute Gasteiger partial charge is 0.496 e. The summed E-state index contributed by atoms with van der Waals surface area (Å²) in [7, 11) is 1.59. The fourth-order valence-corrected chi connectivity index (χ4v) is 2.95. The van der Waals surface area contributed by atoms with Crippen molar-refractivity contribution in [2.24, 2.45) is 0 Å². The molecule has 3 aromatic carbocycles. The van der Waals surface area contributed by atoms with E-state index in [4.69, 9.17) is 9.15 Å². The third-order valence-electron chi connectivity index (χ3n) is 4.06. The lowest BCUT2D eigenvalue weighted by Gasteiger charge is -2.09. The van der Waals surface area contributed by atoms with Crippen LogP contribution < -0.4 is 10.2 Å². The van der Waals surface area contributed by atoms with E-state index in [1.165, 1.54) is 6.26 Å². The highest BCUT2D eigenvalue weighted by Crippen LogP contribution is 2.30. The molecule has 1 heterocycles. The van der Waals surface area contributed by atoms with E-state index >= 15 is 0 Å². The molecule has 0 aliphatic carbocycles. The van der Waals surface area contributed by atoms with Gasteiger partial charge in [-0.1, -0.05) is 48.5 Å². The average Bonchev–Trinajstić information content (AvgIpc) is 2.61. The van der Waals surface area contributed by atoms with Crippen LogP contribution in [0.5, 0.6) is 5.75 Å². The SMILES string of the molecule is COc1ccccc1-c1coc2ccc3ccccc3c2c1=O. The molecule has 0 aliphatic rings. The van der Waals surface area contributed by atoms with Gasteiger partial charge in [-0.3, -0.25) is 4.79 Å². The number of methoxy groups -OCH3 is 1. The highest BCUT2D eigenvalue weighted by atomic mass is 16.5. The minimum absolute atomic E-state index is 0.0486. The number of benzene rings is 3. The third-order valence-corrected chi connectivity index (χ3v) is 4.06. The van der Waals surface area contributed by atoms with Gasteiger partial charge in [0.1, 0.15) is 17.6 Å². The van der Waals surface area contributed by atoms with Gasteiger partial charge < -0.3 is 9.15 Å². The van der Waals surface area contributed by atoms with Crippen LogP contribution in [0.2, 0.25) is 0 Å². The molecule has 0 bridgehead atoms. The first-order valence-corrected chi connectivity index (χ1v) is 7.36. The molecule has 0 aliphatic heterocycles. The maximum Gasteiger partial charge on any atom is 0.201 e. The maximum atomic E-state index is 13.1. The van der Waals surface area contributed by atoms with Crippen LogP contribution in [0.15, 0.2) is 76.1 Å². The van der Waals surface area contributed by atoms with Crippen molar-refractivity contribution in [1.82, 2.24) is 0 Å². The van der Waals surface area contributed by atoms with E-state index in [2.05, 4.69) is 0 Å². The van der Waals surface area contributed by atoms with E-state index in [1.807, 2.05) is 60.7 Å². The quantitative estimate of drug-likeness (QED) is 0.507. The number of ether oxygens (including phenoxy) is 1. The molecular formula is C20H14O3. The Morgan fingerprint density at radius 2 is 1.65 bits per heavy atom. The monoisotopic (exact) mass is 302 g/mol. The van der Waals surface area contributed by atoms with Gasteiger partial charge in [0.25, 0.3) is 0 Å². The fraction of sp³-hybridized carbons (Fsp3) is 0.0500. The molecule has 4 aromatic rings. The normalized spacial score (nSPS) is 11.0. The molecule has 3 heteroatoms. The first-order chi connectivity index (χ1) is 11.3. The second-order valence-corrected chi connectivity index (χ2v) is 5.34. The van der Waals surface area contributed by atoms with E-state index in [1.54, 1.807) is 7.11 Å². The molecule has 0 fully saturated rings. The summed E-state index contributed by atoms with van der Waals surface area (Å²) in [5.41, 5.74) is 1.78. The van der Waals surface area contributed by atoms with Gasteiger partial charge in [-0.25, -0.2) is 0 Å². The molecule has 0 saturated carbocycles. The number of fused-ring (bicyclic) bond motifs is 3. The van der Waals surface area contributed by atoms with Crippen molar-refractivity contribution >= 4 is 21.7 Å². The lowest BCUT2D eigenvalue weighted by molar-refractivity contribution is 0.416. The molecule has 3 nitrogen and oxygen atoms in total. The lowest BCUT2D eigenvalue weighted by Crippen LogP contribution is -2.06. The predicted octanol–water partition coefficient (Wildman–Crippen LogP) is 4.62. The molecule has 0 radical (unpaired) electrons. The summed E-state index contributed by atoms with van der Waals surface area (Å²) in [5.74, 6) is 0.652. The summed E-state index contributed by atoms with van der Waals surface area (Å²) in [6.07, 6.45) is 1.51. The van der Waals surface area contributed by atoms with E-state index in [0.29, 0.717) is 22.3 Å². The Hall–Kier alpha value is -3.07. The number of para-hydroxylation sites is 1. The minimum Gasteiger partial charge on any atom is -0.496 e. The van der Waals surface area contributed by atoms with Crippen molar-refractivity contribution < 1.29 is 9.15 Å². The molecule has 4 rings (SSSR count). The van der Waals surface area contributed by atoms with E-state index in [9.17, 15) is 4.79 Å². The van der Waals surface area contributed by atoms with Gasteiger partial charge in [-0.2, -0.15) is 0 Å². The van der Waals surface area contributed by atoms with Gasteiger partial charge in [0.15, 0.2) is 0 Å². The molecular weight excluding hydrogens is 288 g/mol. The van der Waals surface area contributed by atoms with Crippen LogP contribution in [0, 0.1) is 0 Å². The topological polar surface area (TPSA) is 39.4 Å². The summed E-state index contributed by atoms with van der Waals surface area (Å²) in [5, 5.41) is 2.52. The van der Waals surface area contributed by atoms with Gasteiger partial charge in [-0.15, -0.1) is 0 Å². The number of hydrogen-bond donors (Lipinski definition) is 0. The molecule has 23 heavy (non-hydrogen) atoms. The fourth-order valence-electron chi connectivity index (χ4n) is 2.95. The zero-order valence-electron chi connectivity index (χ0n) is 12.6. The molecule has 0 amide bonds. The summed E-state index contributed by atoms with van der Waals surface area (Å²) in [6.45, 7) is 0. The van der Waals surface area contributed by atoms with Gasteiger partial charge in [0.05, 0.1) is 18.1 Å². The second-order valence-electron chi connectivity index (χ2n) is 5.34. The van der Waals surface area contributed by atoms with Crippen molar-refractivity contribution in [2.45, 2.75) is 0 Å². The predicted molar refractivity (Wildman–Crippen MR) is 92.0 cm³/mol. The van der Waals surface area contributed by atoms with Crippen LogP contribution in [0.25, 0.3) is 32.9 Å². The minimum atomic E-state index is -0.0486. The Bertz CT molecular complexity index is 1080. The Kier molecular flexibility index (Phi) is 3.12. The first-order valence-electron chi connectivity index (χ1n) is 7.36. The lowest BCUT2D eigenvalue weighted by atomic mass is 10.0. The standard InChI is InChI=1S/C20H14O3/c1-22-17-9-5-4-8-15(17)16-12-23-18-11-10-13-6-2-3-7-14(13)19(18)20(16)21/h2-12H,1H3. The van der Waals surface area contributed by atoms with Crippen molar-refractivity contribution in [3.63, 3.8) is 0 Å². The Balaban J connectivity index is 2.12. The summed E-state index contributed by atoms with van der Waals surface area (Å²) < 4.78 is 11.1. The van der Waals surface area contributed by atoms with Crippen molar-refractivity contribution in [3.8, 4) is 16.9 Å². The zero-order valence-corrected chi connectivity index (χ0v) is 12.6. The van der Waals surface area contributed by atoms with Crippen LogP contribution in [0.3, 0.4) is 0 Å². The first kappa shape index (κ1) is 13.6. The smallest absolute Gasteiger partial charge is 0.201 e. The van der Waals surface area contributed by atoms with E-state index in [-0.39, 0.29) is 5.43 Å². The van der Waals surface area contributed by atoms with Gasteiger partial charge in [-0.05, 0) is 22.9 Å². The molecule has 0 N–H and O–H groups in total. The van der Waals surface area contributed by atoms with Crippen LogP contribution in [0.1, 0.15) is 0 Å². The zero-order chi connectivity index (χ0) is 15.8. The number of hydrogen-bond acceptors (Lipinski definition) is 3. The highest BCUT2D eigenvalue weighted by molar-refractivity contribution is 6.06. The molecule has 1 aromatic heterocycles. The van der Waals surface area contributed by atoms with Crippen LogP contribution in [0.4, 0.5) is 0 Å². The van der Waals surface area contributed by atoms with E-state index < -0.39 is 0 Å².